The van der Waals surface area contributed by atoms with Crippen molar-refractivity contribution >= 4 is 23.4 Å². The van der Waals surface area contributed by atoms with E-state index in [0.717, 1.165) is 10.5 Å². The molecule has 2 N–H and O–H groups in total. The molecule has 2 aromatic rings. The number of carbonyl (C=O) groups excluding carboxylic acids is 3. The Labute approximate surface area is 139 Å². The Morgan fingerprint density at radius 3 is 2.29 bits per heavy atom. The first kappa shape index (κ1) is 15.9. The number of benzene rings is 2. The van der Waals surface area contributed by atoms with E-state index < -0.39 is 6.04 Å². The first-order chi connectivity index (χ1) is 11.6. The summed E-state index contributed by atoms with van der Waals surface area (Å²) in [6, 6.07) is 17.3. The van der Waals surface area contributed by atoms with E-state index in [4.69, 9.17) is 0 Å². The summed E-state index contributed by atoms with van der Waals surface area (Å²) in [6.45, 7) is 0. The molecule has 2 aromatic carbocycles. The van der Waals surface area contributed by atoms with Crippen molar-refractivity contribution in [3.05, 3.63) is 66.2 Å². The SMILES string of the molecule is O=C(Cc1ccccc1)NNC1CC(=O)N(c2ccccc2)C1=O. The number of hydrogen-bond acceptors (Lipinski definition) is 4. The van der Waals surface area contributed by atoms with Crippen LogP contribution in [0, 0.1) is 0 Å². The van der Waals surface area contributed by atoms with Gasteiger partial charge in [0.05, 0.1) is 18.5 Å². The molecule has 1 unspecified atom stereocenters. The number of nitrogens with zero attached hydrogens (tertiary/aromatic N) is 1. The molecule has 0 aromatic heterocycles. The second-order valence-electron chi connectivity index (χ2n) is 5.51. The van der Waals surface area contributed by atoms with Gasteiger partial charge in [-0.3, -0.25) is 19.8 Å². The molecular formula is C18H17N3O3. The van der Waals surface area contributed by atoms with E-state index >= 15 is 0 Å². The van der Waals surface area contributed by atoms with Gasteiger partial charge in [0, 0.05) is 0 Å². The van der Waals surface area contributed by atoms with Crippen molar-refractivity contribution in [1.82, 2.24) is 10.9 Å². The maximum absolute atomic E-state index is 12.4. The normalized spacial score (nSPS) is 17.2. The Morgan fingerprint density at radius 2 is 1.62 bits per heavy atom. The summed E-state index contributed by atoms with van der Waals surface area (Å²) in [4.78, 5) is 37.5. The highest BCUT2D eigenvalue weighted by atomic mass is 16.2. The van der Waals surface area contributed by atoms with Crippen LogP contribution in [0.15, 0.2) is 60.7 Å². The van der Waals surface area contributed by atoms with Crippen molar-refractivity contribution in [3.63, 3.8) is 0 Å². The van der Waals surface area contributed by atoms with Crippen molar-refractivity contribution in [3.8, 4) is 0 Å². The van der Waals surface area contributed by atoms with Crippen molar-refractivity contribution in [2.24, 2.45) is 0 Å². The van der Waals surface area contributed by atoms with Crippen LogP contribution in [0.3, 0.4) is 0 Å². The smallest absolute Gasteiger partial charge is 0.253 e. The molecule has 0 spiro atoms. The van der Waals surface area contributed by atoms with Crippen LogP contribution in [0.2, 0.25) is 0 Å². The highest BCUT2D eigenvalue weighted by Gasteiger charge is 2.39. The first-order valence-corrected chi connectivity index (χ1v) is 7.65. The average molecular weight is 323 g/mol. The van der Waals surface area contributed by atoms with E-state index in [2.05, 4.69) is 10.9 Å². The molecule has 1 aliphatic rings. The molecule has 3 rings (SSSR count). The summed E-state index contributed by atoms with van der Waals surface area (Å²) in [5.41, 5.74) is 6.58. The molecule has 1 heterocycles. The molecule has 3 amide bonds. The van der Waals surface area contributed by atoms with Gasteiger partial charge in [0.15, 0.2) is 0 Å². The van der Waals surface area contributed by atoms with E-state index in [9.17, 15) is 14.4 Å². The molecule has 1 atom stereocenters. The molecule has 1 saturated heterocycles. The third-order valence-electron chi connectivity index (χ3n) is 3.75. The van der Waals surface area contributed by atoms with Crippen LogP contribution < -0.4 is 15.8 Å². The predicted molar refractivity (Wildman–Crippen MR) is 88.8 cm³/mol. The lowest BCUT2D eigenvalue weighted by atomic mass is 10.1. The molecule has 0 aliphatic carbocycles. The number of carbonyl (C=O) groups is 3. The Bertz CT molecular complexity index is 747. The maximum atomic E-state index is 12.4. The van der Waals surface area contributed by atoms with E-state index in [1.54, 1.807) is 24.3 Å². The Balaban J connectivity index is 1.58. The molecule has 6 heteroatoms. The topological polar surface area (TPSA) is 78.5 Å². The van der Waals surface area contributed by atoms with Crippen LogP contribution in [0.4, 0.5) is 5.69 Å². The standard InChI is InChI=1S/C18H17N3O3/c22-16(11-13-7-3-1-4-8-13)20-19-15-12-17(23)21(18(15)24)14-9-5-2-6-10-14/h1-10,15,19H,11-12H2,(H,20,22). The first-order valence-electron chi connectivity index (χ1n) is 7.65. The van der Waals surface area contributed by atoms with Crippen molar-refractivity contribution in [1.29, 1.82) is 0 Å². The molecule has 0 bridgehead atoms. The Kier molecular flexibility index (Phi) is 4.67. The molecule has 1 aliphatic heterocycles. The minimum Gasteiger partial charge on any atom is -0.291 e. The van der Waals surface area contributed by atoms with Gasteiger partial charge in [-0.15, -0.1) is 0 Å². The van der Waals surface area contributed by atoms with Gasteiger partial charge in [-0.05, 0) is 17.7 Å². The van der Waals surface area contributed by atoms with Crippen molar-refractivity contribution in [2.75, 3.05) is 4.90 Å². The number of hydrazine groups is 1. The summed E-state index contributed by atoms with van der Waals surface area (Å²) in [6.07, 6.45) is 0.213. The fraction of sp³-hybridized carbons (Fsp3) is 0.167. The van der Waals surface area contributed by atoms with Crippen LogP contribution in [-0.2, 0) is 20.8 Å². The Hall–Kier alpha value is -2.99. The molecular weight excluding hydrogens is 306 g/mol. The minimum absolute atomic E-state index is 0.0132. The van der Waals surface area contributed by atoms with Gasteiger partial charge < -0.3 is 0 Å². The number of amides is 3. The summed E-state index contributed by atoms with van der Waals surface area (Å²) >= 11 is 0. The van der Waals surface area contributed by atoms with Gasteiger partial charge in [0.25, 0.3) is 5.91 Å². The van der Waals surface area contributed by atoms with Crippen molar-refractivity contribution in [2.45, 2.75) is 18.9 Å². The number of nitrogens with one attached hydrogen (secondary N) is 2. The Morgan fingerprint density at radius 1 is 1.00 bits per heavy atom. The van der Waals surface area contributed by atoms with Gasteiger partial charge in [-0.2, -0.15) is 0 Å². The summed E-state index contributed by atoms with van der Waals surface area (Å²) in [5, 5.41) is 0. The van der Waals surface area contributed by atoms with E-state index in [1.165, 1.54) is 0 Å². The maximum Gasteiger partial charge on any atom is 0.253 e. The fourth-order valence-corrected chi connectivity index (χ4v) is 2.59. The number of imide groups is 1. The number of anilines is 1. The summed E-state index contributed by atoms with van der Waals surface area (Å²) in [5.74, 6) is -0.924. The van der Waals surface area contributed by atoms with Crippen LogP contribution in [0.5, 0.6) is 0 Å². The minimum atomic E-state index is -0.752. The zero-order valence-corrected chi connectivity index (χ0v) is 12.9. The fourth-order valence-electron chi connectivity index (χ4n) is 2.59. The van der Waals surface area contributed by atoms with E-state index in [1.807, 2.05) is 36.4 Å². The number of para-hydroxylation sites is 1. The van der Waals surface area contributed by atoms with Gasteiger partial charge in [-0.25, -0.2) is 10.3 Å². The lowest BCUT2D eigenvalue weighted by Crippen LogP contribution is -2.48. The highest BCUT2D eigenvalue weighted by molar-refractivity contribution is 6.22. The monoisotopic (exact) mass is 323 g/mol. The molecule has 6 nitrogen and oxygen atoms in total. The molecule has 122 valence electrons. The van der Waals surface area contributed by atoms with E-state index in [-0.39, 0.29) is 30.6 Å². The summed E-state index contributed by atoms with van der Waals surface area (Å²) < 4.78 is 0. The van der Waals surface area contributed by atoms with Crippen LogP contribution >= 0.6 is 0 Å². The second-order valence-corrected chi connectivity index (χ2v) is 5.51. The third-order valence-corrected chi connectivity index (χ3v) is 3.75. The lowest BCUT2D eigenvalue weighted by Gasteiger charge is -2.15. The molecule has 0 saturated carbocycles. The van der Waals surface area contributed by atoms with Crippen LogP contribution in [0.25, 0.3) is 0 Å². The quantitative estimate of drug-likeness (QED) is 0.640. The second kappa shape index (κ2) is 7.06. The zero-order chi connectivity index (χ0) is 16.9. The molecule has 0 radical (unpaired) electrons. The van der Waals surface area contributed by atoms with Gasteiger partial charge in [-0.1, -0.05) is 48.5 Å². The van der Waals surface area contributed by atoms with E-state index in [0.29, 0.717) is 5.69 Å². The predicted octanol–water partition coefficient (Wildman–Crippen LogP) is 1.18. The number of hydrogen-bond donors (Lipinski definition) is 2. The summed E-state index contributed by atoms with van der Waals surface area (Å²) in [7, 11) is 0. The largest absolute Gasteiger partial charge is 0.291 e. The average Bonchev–Trinajstić information content (AvgIpc) is 2.88. The van der Waals surface area contributed by atoms with Crippen molar-refractivity contribution < 1.29 is 14.4 Å². The van der Waals surface area contributed by atoms with Crippen LogP contribution in [-0.4, -0.2) is 23.8 Å². The van der Waals surface area contributed by atoms with Crippen LogP contribution in [0.1, 0.15) is 12.0 Å². The zero-order valence-electron chi connectivity index (χ0n) is 12.9. The highest BCUT2D eigenvalue weighted by Crippen LogP contribution is 2.22. The molecule has 24 heavy (non-hydrogen) atoms. The van der Waals surface area contributed by atoms with Gasteiger partial charge in [0.2, 0.25) is 11.8 Å². The third kappa shape index (κ3) is 3.49. The van der Waals surface area contributed by atoms with Gasteiger partial charge in [0.1, 0.15) is 6.04 Å². The number of rotatable bonds is 5. The molecule has 1 fully saturated rings. The van der Waals surface area contributed by atoms with Gasteiger partial charge >= 0.3 is 0 Å². The lowest BCUT2D eigenvalue weighted by molar-refractivity contribution is -0.122.